The Bertz CT molecular complexity index is 550. The van der Waals surface area contributed by atoms with Crippen LogP contribution in [0.1, 0.15) is 57.8 Å². The number of carbonyl (C=O) groups excluding carboxylic acids is 3. The standard InChI is InChI=1S/C20H36N4O3S2/c1-24(12-7-3-2-6-11-21-17(25)10-13-28)18(26)9-5-4-8-16-19-15(14-29-16)22-20(27)23-19/h15-16,19,28H,2-14H2,1H3,(H,21,25)(H2,22,23,27)/t15-,16-,19-/m0/s1. The Morgan fingerprint density at radius 3 is 2.72 bits per heavy atom. The van der Waals surface area contributed by atoms with Crippen LogP contribution >= 0.6 is 24.4 Å². The van der Waals surface area contributed by atoms with Crippen LogP contribution in [-0.2, 0) is 9.59 Å². The Morgan fingerprint density at radius 1 is 1.14 bits per heavy atom. The summed E-state index contributed by atoms with van der Waals surface area (Å²) in [5, 5.41) is 9.33. The van der Waals surface area contributed by atoms with Crippen LogP contribution in [0.2, 0.25) is 0 Å². The molecule has 0 aromatic rings. The van der Waals surface area contributed by atoms with Crippen LogP contribution in [0.5, 0.6) is 0 Å². The number of hydrogen-bond acceptors (Lipinski definition) is 5. The molecule has 2 aliphatic rings. The summed E-state index contributed by atoms with van der Waals surface area (Å²) in [5.41, 5.74) is 0. The van der Waals surface area contributed by atoms with E-state index >= 15 is 0 Å². The van der Waals surface area contributed by atoms with Crippen molar-refractivity contribution in [2.24, 2.45) is 0 Å². The molecule has 2 aliphatic heterocycles. The average Bonchev–Trinajstić information content (AvgIpc) is 3.23. The molecule has 3 atom stereocenters. The second-order valence-corrected chi connectivity index (χ2v) is 9.64. The molecule has 2 rings (SSSR count). The van der Waals surface area contributed by atoms with Gasteiger partial charge in [-0.2, -0.15) is 24.4 Å². The number of unbranched alkanes of at least 4 members (excludes halogenated alkanes) is 4. The molecule has 166 valence electrons. The number of urea groups is 1. The van der Waals surface area contributed by atoms with Crippen molar-refractivity contribution in [1.29, 1.82) is 0 Å². The highest BCUT2D eigenvalue weighted by Crippen LogP contribution is 2.33. The second-order valence-electron chi connectivity index (χ2n) is 7.92. The Kier molecular flexibility index (Phi) is 11.1. The number of fused-ring (bicyclic) bond motifs is 1. The third-order valence-corrected chi connectivity index (χ3v) is 7.31. The van der Waals surface area contributed by atoms with Crippen LogP contribution in [0.4, 0.5) is 4.79 Å². The van der Waals surface area contributed by atoms with E-state index in [2.05, 4.69) is 28.6 Å². The average molecular weight is 445 g/mol. The predicted molar refractivity (Wildman–Crippen MR) is 122 cm³/mol. The maximum atomic E-state index is 12.3. The minimum Gasteiger partial charge on any atom is -0.356 e. The Hall–Kier alpha value is -1.09. The summed E-state index contributed by atoms with van der Waals surface area (Å²) in [6.45, 7) is 1.52. The number of rotatable bonds is 14. The van der Waals surface area contributed by atoms with Gasteiger partial charge in [0, 0.05) is 44.0 Å². The van der Waals surface area contributed by atoms with Gasteiger partial charge >= 0.3 is 6.03 Å². The molecule has 0 aromatic carbocycles. The monoisotopic (exact) mass is 444 g/mol. The lowest BCUT2D eigenvalue weighted by Crippen LogP contribution is -2.36. The van der Waals surface area contributed by atoms with Gasteiger partial charge in [0.2, 0.25) is 11.8 Å². The van der Waals surface area contributed by atoms with Crippen molar-refractivity contribution in [1.82, 2.24) is 20.9 Å². The molecule has 29 heavy (non-hydrogen) atoms. The van der Waals surface area contributed by atoms with Crippen molar-refractivity contribution in [2.45, 2.75) is 75.1 Å². The number of carbonyl (C=O) groups is 3. The number of nitrogens with one attached hydrogen (secondary N) is 3. The lowest BCUT2D eigenvalue weighted by atomic mass is 10.0. The molecule has 4 amide bonds. The highest BCUT2D eigenvalue weighted by molar-refractivity contribution is 8.00. The van der Waals surface area contributed by atoms with Crippen LogP contribution in [0.15, 0.2) is 0 Å². The predicted octanol–water partition coefficient (Wildman–Crippen LogP) is 2.17. The van der Waals surface area contributed by atoms with Crippen molar-refractivity contribution in [3.8, 4) is 0 Å². The van der Waals surface area contributed by atoms with E-state index in [1.165, 1.54) is 0 Å². The lowest BCUT2D eigenvalue weighted by Gasteiger charge is -2.18. The molecule has 0 aromatic heterocycles. The first kappa shape index (κ1) is 24.2. The zero-order chi connectivity index (χ0) is 21.1. The quantitative estimate of drug-likeness (QED) is 0.188. The van der Waals surface area contributed by atoms with Crippen LogP contribution in [0, 0.1) is 0 Å². The molecular formula is C20H36N4O3S2. The largest absolute Gasteiger partial charge is 0.356 e. The summed E-state index contributed by atoms with van der Waals surface area (Å²) in [5.74, 6) is 1.86. The minimum atomic E-state index is -0.0413. The zero-order valence-corrected chi connectivity index (χ0v) is 19.2. The zero-order valence-electron chi connectivity index (χ0n) is 17.5. The summed E-state index contributed by atoms with van der Waals surface area (Å²) in [7, 11) is 1.89. The molecule has 2 heterocycles. The normalized spacial score (nSPS) is 22.7. The third kappa shape index (κ3) is 8.66. The fourth-order valence-electron chi connectivity index (χ4n) is 3.83. The van der Waals surface area contributed by atoms with E-state index in [4.69, 9.17) is 0 Å². The van der Waals surface area contributed by atoms with Gasteiger partial charge in [-0.3, -0.25) is 9.59 Å². The van der Waals surface area contributed by atoms with Crippen LogP contribution in [0.25, 0.3) is 0 Å². The van der Waals surface area contributed by atoms with E-state index < -0.39 is 0 Å². The van der Waals surface area contributed by atoms with E-state index in [9.17, 15) is 14.4 Å². The van der Waals surface area contributed by atoms with Crippen LogP contribution in [-0.4, -0.2) is 71.7 Å². The highest BCUT2D eigenvalue weighted by atomic mass is 32.2. The van der Waals surface area contributed by atoms with Crippen LogP contribution in [0.3, 0.4) is 0 Å². The van der Waals surface area contributed by atoms with Gasteiger partial charge in [-0.1, -0.05) is 19.3 Å². The van der Waals surface area contributed by atoms with Crippen molar-refractivity contribution in [3.05, 3.63) is 0 Å². The third-order valence-electron chi connectivity index (χ3n) is 5.57. The molecule has 0 aliphatic carbocycles. The first-order valence-electron chi connectivity index (χ1n) is 10.8. The number of hydrogen-bond donors (Lipinski definition) is 4. The van der Waals surface area contributed by atoms with Gasteiger partial charge in [0.05, 0.1) is 12.1 Å². The molecular weight excluding hydrogens is 408 g/mol. The summed E-state index contributed by atoms with van der Waals surface area (Å²) in [6.07, 6.45) is 8.18. The Labute approximate surface area is 184 Å². The van der Waals surface area contributed by atoms with E-state index in [-0.39, 0.29) is 29.9 Å². The molecule has 0 radical (unpaired) electrons. The molecule has 0 spiro atoms. The SMILES string of the molecule is CN(CCCCCCNC(=O)CCS)C(=O)CCCC[C@@H]1SC[C@@H]2NC(=O)N[C@@H]21. The number of nitrogens with zero attached hydrogens (tertiary/aromatic N) is 1. The second kappa shape index (κ2) is 13.3. The summed E-state index contributed by atoms with van der Waals surface area (Å²) < 4.78 is 0. The molecule has 0 bridgehead atoms. The van der Waals surface area contributed by atoms with Gasteiger partial charge in [0.1, 0.15) is 0 Å². The fourth-order valence-corrected chi connectivity index (χ4v) is 5.57. The fraction of sp³-hybridized carbons (Fsp3) is 0.850. The van der Waals surface area contributed by atoms with Crippen molar-refractivity contribution in [2.75, 3.05) is 31.6 Å². The van der Waals surface area contributed by atoms with E-state index in [0.29, 0.717) is 23.8 Å². The van der Waals surface area contributed by atoms with E-state index in [1.54, 1.807) is 0 Å². The first-order valence-corrected chi connectivity index (χ1v) is 12.5. The number of thioether (sulfide) groups is 1. The van der Waals surface area contributed by atoms with E-state index in [1.807, 2.05) is 23.7 Å². The molecule has 7 nitrogen and oxygen atoms in total. The molecule has 9 heteroatoms. The Morgan fingerprint density at radius 2 is 1.93 bits per heavy atom. The van der Waals surface area contributed by atoms with Gasteiger partial charge in [-0.25, -0.2) is 4.79 Å². The topological polar surface area (TPSA) is 90.5 Å². The molecule has 0 saturated carbocycles. The smallest absolute Gasteiger partial charge is 0.315 e. The molecule has 2 fully saturated rings. The van der Waals surface area contributed by atoms with Gasteiger partial charge in [0.15, 0.2) is 0 Å². The lowest BCUT2D eigenvalue weighted by molar-refractivity contribution is -0.130. The first-order chi connectivity index (χ1) is 14.0. The molecule has 2 saturated heterocycles. The van der Waals surface area contributed by atoms with Gasteiger partial charge in [0.25, 0.3) is 0 Å². The van der Waals surface area contributed by atoms with Crippen molar-refractivity contribution in [3.63, 3.8) is 0 Å². The highest BCUT2D eigenvalue weighted by Gasteiger charge is 2.42. The molecule has 3 N–H and O–H groups in total. The van der Waals surface area contributed by atoms with Crippen molar-refractivity contribution >= 4 is 42.2 Å². The summed E-state index contributed by atoms with van der Waals surface area (Å²) in [6, 6.07) is 0.483. The van der Waals surface area contributed by atoms with Crippen molar-refractivity contribution < 1.29 is 14.4 Å². The maximum Gasteiger partial charge on any atom is 0.315 e. The van der Waals surface area contributed by atoms with Gasteiger partial charge in [-0.05, 0) is 31.4 Å². The summed E-state index contributed by atoms with van der Waals surface area (Å²) >= 11 is 5.97. The maximum absolute atomic E-state index is 12.3. The van der Waals surface area contributed by atoms with Gasteiger partial charge < -0.3 is 20.9 Å². The Balaban J connectivity index is 1.44. The molecule has 0 unspecified atom stereocenters. The summed E-state index contributed by atoms with van der Waals surface area (Å²) in [4.78, 5) is 36.8. The van der Waals surface area contributed by atoms with E-state index in [0.717, 1.165) is 63.8 Å². The van der Waals surface area contributed by atoms with Gasteiger partial charge in [-0.15, -0.1) is 0 Å². The van der Waals surface area contributed by atoms with Crippen LogP contribution < -0.4 is 16.0 Å². The number of amides is 4. The number of thiol groups is 1. The minimum absolute atomic E-state index is 0.0413.